The van der Waals surface area contributed by atoms with Crippen molar-refractivity contribution < 1.29 is 9.90 Å². The van der Waals surface area contributed by atoms with Crippen LogP contribution >= 0.6 is 0 Å². The van der Waals surface area contributed by atoms with E-state index in [1.807, 2.05) is 0 Å². The van der Waals surface area contributed by atoms with Crippen LogP contribution in [-0.2, 0) is 4.79 Å². The molecule has 41 heavy (non-hydrogen) atoms. The molecule has 0 bridgehead atoms. The number of rotatable bonds is 32. The van der Waals surface area contributed by atoms with Crippen molar-refractivity contribution in [3.8, 4) is 0 Å². The summed E-state index contributed by atoms with van der Waals surface area (Å²) >= 11 is 0. The van der Waals surface area contributed by atoms with Gasteiger partial charge in [-0.3, -0.25) is 4.79 Å². The molecule has 238 valence electrons. The second-order valence-corrected chi connectivity index (χ2v) is 12.2. The molecule has 0 aliphatic heterocycles. The molecular formula is C39H70O2. The van der Waals surface area contributed by atoms with Crippen molar-refractivity contribution in [1.82, 2.24) is 0 Å². The lowest BCUT2D eigenvalue weighted by atomic mass is 9.91. The Kier molecular flexibility index (Phi) is 33.3. The molecule has 0 aromatic rings. The first-order chi connectivity index (χ1) is 20.2. The van der Waals surface area contributed by atoms with Crippen molar-refractivity contribution in [2.45, 2.75) is 187 Å². The number of carboxylic acid groups (broad SMARTS) is 1. The Morgan fingerprint density at radius 2 is 0.780 bits per heavy atom. The molecule has 0 aromatic heterocycles. The lowest BCUT2D eigenvalue weighted by Gasteiger charge is -2.14. The van der Waals surface area contributed by atoms with Crippen LogP contribution < -0.4 is 0 Å². The minimum Gasteiger partial charge on any atom is -0.481 e. The van der Waals surface area contributed by atoms with Crippen molar-refractivity contribution in [1.29, 1.82) is 0 Å². The van der Waals surface area contributed by atoms with E-state index in [1.165, 1.54) is 141 Å². The van der Waals surface area contributed by atoms with Gasteiger partial charge in [-0.25, -0.2) is 0 Å². The average molecular weight is 571 g/mol. The maximum Gasteiger partial charge on any atom is 0.303 e. The number of carbonyl (C=O) groups is 1. The van der Waals surface area contributed by atoms with Gasteiger partial charge in [-0.1, -0.05) is 152 Å². The van der Waals surface area contributed by atoms with E-state index >= 15 is 0 Å². The van der Waals surface area contributed by atoms with Crippen LogP contribution in [0.15, 0.2) is 48.6 Å². The molecule has 1 N–H and O–H groups in total. The predicted octanol–water partition coefficient (Wildman–Crippen LogP) is 13.5. The molecule has 0 saturated carbocycles. The molecule has 0 aromatic carbocycles. The third-order valence-corrected chi connectivity index (χ3v) is 8.09. The highest BCUT2D eigenvalue weighted by atomic mass is 16.4. The van der Waals surface area contributed by atoms with Crippen LogP contribution in [0.1, 0.15) is 187 Å². The van der Waals surface area contributed by atoms with Crippen molar-refractivity contribution in [2.24, 2.45) is 5.92 Å². The van der Waals surface area contributed by atoms with Crippen LogP contribution in [-0.4, -0.2) is 11.1 Å². The Bertz CT molecular complexity index is 594. The van der Waals surface area contributed by atoms with Gasteiger partial charge in [0.2, 0.25) is 0 Å². The van der Waals surface area contributed by atoms with Gasteiger partial charge >= 0.3 is 5.97 Å². The summed E-state index contributed by atoms with van der Waals surface area (Å²) < 4.78 is 0. The zero-order valence-electron chi connectivity index (χ0n) is 27.6. The molecule has 0 aliphatic rings. The van der Waals surface area contributed by atoms with E-state index in [0.717, 1.165) is 25.7 Å². The lowest BCUT2D eigenvalue weighted by Crippen LogP contribution is -2.08. The maximum absolute atomic E-state index is 11.3. The number of aliphatic carboxylic acids is 1. The summed E-state index contributed by atoms with van der Waals surface area (Å²) in [5, 5.41) is 9.34. The molecule has 2 nitrogen and oxygen atoms in total. The Morgan fingerprint density at radius 1 is 0.463 bits per heavy atom. The number of allylic oxidation sites excluding steroid dienone is 8. The zero-order chi connectivity index (χ0) is 29.9. The average Bonchev–Trinajstić information content (AvgIpc) is 2.96. The van der Waals surface area contributed by atoms with E-state index in [0.29, 0.717) is 12.3 Å². The first-order valence-corrected chi connectivity index (χ1v) is 18.0. The smallest absolute Gasteiger partial charge is 0.303 e. The van der Waals surface area contributed by atoms with Crippen LogP contribution in [0.25, 0.3) is 0 Å². The molecule has 0 radical (unpaired) electrons. The summed E-state index contributed by atoms with van der Waals surface area (Å²) in [6.45, 7) is 4.51. The van der Waals surface area contributed by atoms with E-state index in [1.54, 1.807) is 0 Å². The molecule has 0 unspecified atom stereocenters. The molecule has 0 heterocycles. The fourth-order valence-electron chi connectivity index (χ4n) is 5.44. The number of unbranched alkanes of at least 4 members (excludes halogenated alkanes) is 18. The third-order valence-electron chi connectivity index (χ3n) is 8.09. The Balaban J connectivity index is 3.63. The van der Waals surface area contributed by atoms with Gasteiger partial charge < -0.3 is 5.11 Å². The third kappa shape index (κ3) is 34.5. The highest BCUT2D eigenvalue weighted by Gasteiger charge is 2.12. The van der Waals surface area contributed by atoms with Crippen molar-refractivity contribution in [2.75, 3.05) is 0 Å². The van der Waals surface area contributed by atoms with E-state index in [-0.39, 0.29) is 0 Å². The zero-order valence-corrected chi connectivity index (χ0v) is 27.6. The van der Waals surface area contributed by atoms with Crippen LogP contribution in [0.2, 0.25) is 0 Å². The van der Waals surface area contributed by atoms with Gasteiger partial charge in [0.25, 0.3) is 0 Å². The van der Waals surface area contributed by atoms with Gasteiger partial charge in [-0.05, 0) is 83.0 Å². The van der Waals surface area contributed by atoms with E-state index in [4.69, 9.17) is 0 Å². The molecule has 0 fully saturated rings. The highest BCUT2D eigenvalue weighted by molar-refractivity contribution is 5.66. The summed E-state index contributed by atoms with van der Waals surface area (Å²) in [5.74, 6) is -0.237. The summed E-state index contributed by atoms with van der Waals surface area (Å²) in [4.78, 5) is 11.3. The van der Waals surface area contributed by atoms with Gasteiger partial charge in [0.15, 0.2) is 0 Å². The van der Waals surface area contributed by atoms with Crippen molar-refractivity contribution >= 4 is 5.97 Å². The summed E-state index contributed by atoms with van der Waals surface area (Å²) in [6, 6.07) is 0. The van der Waals surface area contributed by atoms with Crippen molar-refractivity contribution in [3.05, 3.63) is 48.6 Å². The molecule has 0 saturated heterocycles. The minimum absolute atomic E-state index is 0.362. The predicted molar refractivity (Wildman–Crippen MR) is 184 cm³/mol. The van der Waals surface area contributed by atoms with Crippen LogP contribution in [0.4, 0.5) is 0 Å². The van der Waals surface area contributed by atoms with Crippen LogP contribution in [0.3, 0.4) is 0 Å². The van der Waals surface area contributed by atoms with Crippen molar-refractivity contribution in [3.63, 3.8) is 0 Å². The molecule has 0 rings (SSSR count). The second kappa shape index (κ2) is 34.6. The number of carboxylic acids is 1. The minimum atomic E-state index is -0.616. The topological polar surface area (TPSA) is 37.3 Å². The van der Waals surface area contributed by atoms with Gasteiger partial charge in [-0.15, -0.1) is 0 Å². The first-order valence-electron chi connectivity index (χ1n) is 18.0. The number of hydrogen-bond acceptors (Lipinski definition) is 1. The molecule has 0 amide bonds. The standard InChI is InChI=1S/C39H70O2/c1-3-5-7-9-11-13-15-17-19-21-23-25-27-29-31-33-35-38(37-39(40)41)36-34-32-30-28-26-24-22-20-18-16-14-12-10-8-6-4-2/h11-14,17-20,38H,3-10,15-16,21-37H2,1-2H3,(H,40,41). The largest absolute Gasteiger partial charge is 0.481 e. The van der Waals surface area contributed by atoms with E-state index in [2.05, 4.69) is 62.5 Å². The lowest BCUT2D eigenvalue weighted by molar-refractivity contribution is -0.138. The van der Waals surface area contributed by atoms with E-state index in [9.17, 15) is 9.90 Å². The molecule has 0 aliphatic carbocycles. The van der Waals surface area contributed by atoms with Crippen LogP contribution in [0.5, 0.6) is 0 Å². The fraction of sp³-hybridized carbons (Fsp3) is 0.769. The monoisotopic (exact) mass is 571 g/mol. The van der Waals surface area contributed by atoms with Crippen LogP contribution in [0, 0.1) is 5.92 Å². The first kappa shape index (κ1) is 39.4. The summed E-state index contributed by atoms with van der Waals surface area (Å²) in [5.41, 5.74) is 0. The van der Waals surface area contributed by atoms with E-state index < -0.39 is 5.97 Å². The maximum atomic E-state index is 11.3. The highest BCUT2D eigenvalue weighted by Crippen LogP contribution is 2.22. The number of hydrogen-bond donors (Lipinski definition) is 1. The summed E-state index contributed by atoms with van der Waals surface area (Å²) in [6.07, 6.45) is 51.6. The quantitative estimate of drug-likeness (QED) is 0.0645. The second-order valence-electron chi connectivity index (χ2n) is 12.2. The Hall–Kier alpha value is -1.57. The SMILES string of the molecule is CCCCCC=CCC=CCCCCCCCCC(CCCCCCCCC=CCC=CCCCCC)CC(=O)O. The molecule has 0 atom stereocenters. The molecule has 2 heteroatoms. The summed E-state index contributed by atoms with van der Waals surface area (Å²) in [7, 11) is 0. The van der Waals surface area contributed by atoms with Gasteiger partial charge in [0, 0.05) is 6.42 Å². The molecular weight excluding hydrogens is 500 g/mol. The molecule has 0 spiro atoms. The fourth-order valence-corrected chi connectivity index (χ4v) is 5.44. The van der Waals surface area contributed by atoms with Gasteiger partial charge in [0.1, 0.15) is 0 Å². The normalized spacial score (nSPS) is 13.0. The Morgan fingerprint density at radius 3 is 1.12 bits per heavy atom. The van der Waals surface area contributed by atoms with Gasteiger partial charge in [0.05, 0.1) is 0 Å². The van der Waals surface area contributed by atoms with Gasteiger partial charge in [-0.2, -0.15) is 0 Å². The Labute approximate surface area is 257 Å².